The molecule has 0 saturated carbocycles. The zero-order valence-corrected chi connectivity index (χ0v) is 16.1. The van der Waals surface area contributed by atoms with Crippen molar-refractivity contribution >= 4 is 34.4 Å². The predicted octanol–water partition coefficient (Wildman–Crippen LogP) is 5.49. The number of allylic oxidation sites excluding steroid dienone is 4. The molecule has 0 atom stereocenters. The number of esters is 1. The van der Waals surface area contributed by atoms with Crippen molar-refractivity contribution in [3.05, 3.63) is 53.6 Å². The molecule has 1 aromatic carbocycles. The second-order valence-electron chi connectivity index (χ2n) is 6.39. The van der Waals surface area contributed by atoms with E-state index in [1.165, 1.54) is 0 Å². The van der Waals surface area contributed by atoms with Crippen molar-refractivity contribution in [3.8, 4) is 0 Å². The maximum Gasteiger partial charge on any atom is 0.305 e. The number of carbonyl (C=O) groups is 2. The molecule has 0 spiro atoms. The molecule has 0 N–H and O–H groups in total. The number of thiocarbonyl (C=S) groups is 1. The number of hydrogen-bond acceptors (Lipinski definition) is 4. The number of carbonyl (C=O) groups excluding carboxylic acids is 2. The van der Waals surface area contributed by atoms with Crippen LogP contribution in [0.4, 0.5) is 0 Å². The minimum absolute atomic E-state index is 0.132. The largest absolute Gasteiger partial charge is 0.466 e. The Hall–Kier alpha value is -2.07. The van der Waals surface area contributed by atoms with Gasteiger partial charge in [0.1, 0.15) is 0 Å². The van der Waals surface area contributed by atoms with Gasteiger partial charge in [0.05, 0.1) is 6.61 Å². The maximum atomic E-state index is 12.3. The molecule has 138 valence electrons. The molecule has 0 unspecified atom stereocenters. The van der Waals surface area contributed by atoms with E-state index in [-0.39, 0.29) is 11.8 Å². The normalized spacial score (nSPS) is 13.4. The molecule has 1 aromatic rings. The van der Waals surface area contributed by atoms with Gasteiger partial charge in [-0.1, -0.05) is 61.5 Å². The first-order valence-electron chi connectivity index (χ1n) is 9.30. The Morgan fingerprint density at radius 2 is 1.73 bits per heavy atom. The van der Waals surface area contributed by atoms with E-state index in [1.54, 1.807) is 0 Å². The summed E-state index contributed by atoms with van der Waals surface area (Å²) < 4.78 is 4.90. The summed E-state index contributed by atoms with van der Waals surface area (Å²) in [4.78, 5) is 24.5. The van der Waals surface area contributed by atoms with Crippen molar-refractivity contribution in [3.63, 3.8) is 0 Å². The molecule has 1 aliphatic rings. The number of hydrogen-bond donors (Lipinski definition) is 0. The molecular weight excluding hydrogens is 344 g/mol. The molecule has 0 fully saturated rings. The van der Waals surface area contributed by atoms with E-state index in [0.29, 0.717) is 19.4 Å². The highest BCUT2D eigenvalue weighted by molar-refractivity contribution is 7.80. The Kier molecular flexibility index (Phi) is 8.42. The van der Waals surface area contributed by atoms with E-state index >= 15 is 0 Å². The van der Waals surface area contributed by atoms with Crippen LogP contribution in [0.3, 0.4) is 0 Å². The van der Waals surface area contributed by atoms with Gasteiger partial charge in [0.15, 0.2) is 5.78 Å². The Morgan fingerprint density at radius 3 is 2.38 bits per heavy atom. The van der Waals surface area contributed by atoms with Crippen molar-refractivity contribution in [1.82, 2.24) is 0 Å². The number of ketones is 1. The second kappa shape index (κ2) is 10.8. The van der Waals surface area contributed by atoms with Gasteiger partial charge >= 0.3 is 5.97 Å². The lowest BCUT2D eigenvalue weighted by molar-refractivity contribution is -0.143. The molecule has 0 heterocycles. The molecule has 0 bridgehead atoms. The highest BCUT2D eigenvalue weighted by Crippen LogP contribution is 2.21. The average Bonchev–Trinajstić information content (AvgIpc) is 2.64. The van der Waals surface area contributed by atoms with E-state index in [0.717, 1.165) is 53.7 Å². The topological polar surface area (TPSA) is 43.4 Å². The average molecular weight is 371 g/mol. The van der Waals surface area contributed by atoms with Crippen molar-refractivity contribution in [2.75, 3.05) is 6.61 Å². The maximum absolute atomic E-state index is 12.3. The first-order chi connectivity index (χ1) is 12.6. The zero-order valence-electron chi connectivity index (χ0n) is 15.3. The number of ether oxygens (including phenoxy) is 1. The van der Waals surface area contributed by atoms with Crippen LogP contribution in [0.5, 0.6) is 0 Å². The van der Waals surface area contributed by atoms with Crippen LogP contribution in [0.2, 0.25) is 0 Å². The molecule has 1 aliphatic carbocycles. The Morgan fingerprint density at radius 1 is 1.04 bits per heavy atom. The quantitative estimate of drug-likeness (QED) is 0.236. The summed E-state index contributed by atoms with van der Waals surface area (Å²) in [6.45, 7) is 2.25. The third-order valence-corrected chi connectivity index (χ3v) is 4.60. The lowest BCUT2D eigenvalue weighted by Crippen LogP contribution is -2.03. The molecule has 26 heavy (non-hydrogen) atoms. The fourth-order valence-electron chi connectivity index (χ4n) is 2.90. The predicted molar refractivity (Wildman–Crippen MR) is 109 cm³/mol. The lowest BCUT2D eigenvalue weighted by Gasteiger charge is -2.09. The third-order valence-electron chi connectivity index (χ3n) is 4.31. The Labute approximate surface area is 161 Å². The van der Waals surface area contributed by atoms with Crippen molar-refractivity contribution in [1.29, 1.82) is 0 Å². The molecule has 2 rings (SSSR count). The van der Waals surface area contributed by atoms with E-state index in [9.17, 15) is 9.59 Å². The molecule has 3 nitrogen and oxygen atoms in total. The zero-order chi connectivity index (χ0) is 18.8. The van der Waals surface area contributed by atoms with Gasteiger partial charge in [-0.25, -0.2) is 0 Å². The summed E-state index contributed by atoms with van der Waals surface area (Å²) in [5, 5.41) is 0. The van der Waals surface area contributed by atoms with E-state index in [4.69, 9.17) is 17.0 Å². The molecule has 0 saturated heterocycles. The van der Waals surface area contributed by atoms with Crippen LogP contribution in [-0.4, -0.2) is 23.2 Å². The minimum atomic E-state index is -0.132. The van der Waals surface area contributed by atoms with E-state index in [1.807, 2.05) is 37.3 Å². The SMILES string of the molecule is CCOC(=O)CCCCCCC(=O)c1ccc(C2=CC(=S)CC=C2)cc1. The fraction of sp³-hybridized carbons (Fsp3) is 0.409. The van der Waals surface area contributed by atoms with E-state index < -0.39 is 0 Å². The van der Waals surface area contributed by atoms with Gasteiger partial charge in [-0.05, 0) is 37.0 Å². The molecule has 0 radical (unpaired) electrons. The highest BCUT2D eigenvalue weighted by Gasteiger charge is 2.08. The number of rotatable bonds is 10. The highest BCUT2D eigenvalue weighted by atomic mass is 32.1. The van der Waals surface area contributed by atoms with Gasteiger partial charge in [-0.2, -0.15) is 0 Å². The van der Waals surface area contributed by atoms with Crippen LogP contribution in [0, 0.1) is 0 Å². The number of unbranched alkanes of at least 4 members (excludes halogenated alkanes) is 3. The summed E-state index contributed by atoms with van der Waals surface area (Å²) in [6, 6.07) is 7.75. The Bertz CT molecular complexity index is 699. The first kappa shape index (κ1) is 20.2. The van der Waals surface area contributed by atoms with Crippen molar-refractivity contribution < 1.29 is 14.3 Å². The lowest BCUT2D eigenvalue weighted by atomic mass is 9.97. The summed E-state index contributed by atoms with van der Waals surface area (Å²) in [5.41, 5.74) is 2.93. The van der Waals surface area contributed by atoms with Crippen LogP contribution < -0.4 is 0 Å². The third kappa shape index (κ3) is 6.68. The minimum Gasteiger partial charge on any atom is -0.466 e. The smallest absolute Gasteiger partial charge is 0.305 e. The van der Waals surface area contributed by atoms with Gasteiger partial charge < -0.3 is 4.74 Å². The number of Topliss-reactive ketones (excluding diaryl/α,β-unsaturated/α-hetero) is 1. The van der Waals surface area contributed by atoms with Crippen LogP contribution in [0.15, 0.2) is 42.5 Å². The number of benzene rings is 1. The van der Waals surface area contributed by atoms with Crippen molar-refractivity contribution in [2.45, 2.75) is 51.9 Å². The standard InChI is InChI=1S/C22H26O3S/c1-2-25-22(24)11-6-4-3-5-10-21(23)18-14-12-17(13-15-18)19-8-7-9-20(26)16-19/h7-8,12-16H,2-6,9-11H2,1H3. The van der Waals surface area contributed by atoms with Gasteiger partial charge in [0, 0.05) is 29.7 Å². The molecular formula is C22H26O3S. The van der Waals surface area contributed by atoms with Crippen LogP contribution in [0.25, 0.3) is 5.57 Å². The fourth-order valence-corrected chi connectivity index (χ4v) is 3.12. The second-order valence-corrected chi connectivity index (χ2v) is 6.92. The van der Waals surface area contributed by atoms with Crippen LogP contribution in [0.1, 0.15) is 67.8 Å². The Balaban J connectivity index is 1.72. The van der Waals surface area contributed by atoms with Gasteiger partial charge in [-0.3, -0.25) is 9.59 Å². The summed E-state index contributed by atoms with van der Waals surface area (Å²) in [7, 11) is 0. The molecule has 0 amide bonds. The van der Waals surface area contributed by atoms with Gasteiger partial charge in [-0.15, -0.1) is 0 Å². The first-order valence-corrected chi connectivity index (χ1v) is 9.71. The van der Waals surface area contributed by atoms with Gasteiger partial charge in [0.25, 0.3) is 0 Å². The van der Waals surface area contributed by atoms with E-state index in [2.05, 4.69) is 12.2 Å². The summed E-state index contributed by atoms with van der Waals surface area (Å²) in [6.07, 6.45) is 11.6. The molecule has 0 aliphatic heterocycles. The molecule has 0 aromatic heterocycles. The van der Waals surface area contributed by atoms with Crippen molar-refractivity contribution in [2.24, 2.45) is 0 Å². The monoisotopic (exact) mass is 370 g/mol. The van der Waals surface area contributed by atoms with Gasteiger partial charge in [0.2, 0.25) is 0 Å². The summed E-state index contributed by atoms with van der Waals surface area (Å²) >= 11 is 5.25. The van der Waals surface area contributed by atoms with Crippen LogP contribution in [-0.2, 0) is 9.53 Å². The molecule has 4 heteroatoms. The summed E-state index contributed by atoms with van der Waals surface area (Å²) in [5.74, 6) is 0.0398. The van der Waals surface area contributed by atoms with Crippen LogP contribution >= 0.6 is 12.2 Å².